The fourth-order valence-electron chi connectivity index (χ4n) is 3.85. The lowest BCUT2D eigenvalue weighted by Gasteiger charge is -2.20. The minimum absolute atomic E-state index is 0.0604. The summed E-state index contributed by atoms with van der Waals surface area (Å²) >= 11 is 0. The van der Waals surface area contributed by atoms with E-state index in [-0.39, 0.29) is 30.2 Å². The Morgan fingerprint density at radius 2 is 2.16 bits per heavy atom. The van der Waals surface area contributed by atoms with Crippen LogP contribution in [0.25, 0.3) is 0 Å². The van der Waals surface area contributed by atoms with Crippen LogP contribution in [0, 0.1) is 11.8 Å². The lowest BCUT2D eigenvalue weighted by molar-refractivity contribution is -0.118. The molecule has 2 N–H and O–H groups in total. The molecule has 5 rings (SSSR count). The van der Waals surface area contributed by atoms with Gasteiger partial charge in [-0.25, -0.2) is 15.0 Å². The first-order chi connectivity index (χ1) is 15.0. The number of anilines is 2. The van der Waals surface area contributed by atoms with E-state index in [4.69, 9.17) is 0 Å². The average molecular weight is 420 g/mol. The highest BCUT2D eigenvalue weighted by Gasteiger charge is 2.53. The first-order valence-electron chi connectivity index (χ1n) is 9.94. The maximum atomic E-state index is 12.3. The molecule has 3 atom stereocenters. The summed E-state index contributed by atoms with van der Waals surface area (Å²) in [7, 11) is 0. The molecule has 2 aliphatic rings. The maximum absolute atomic E-state index is 12.3. The number of piperidine rings is 1. The molecule has 11 heteroatoms. The van der Waals surface area contributed by atoms with E-state index in [0.29, 0.717) is 35.4 Å². The number of fused-ring (bicyclic) bond motifs is 1. The number of aromatic nitrogens is 6. The van der Waals surface area contributed by atoms with Crippen LogP contribution in [0.15, 0.2) is 37.2 Å². The largest absolute Gasteiger partial charge is 0.390 e. The van der Waals surface area contributed by atoms with Gasteiger partial charge in [0.25, 0.3) is 5.91 Å². The highest BCUT2D eigenvalue weighted by Crippen LogP contribution is 2.46. The number of rotatable bonds is 6. The maximum Gasteiger partial charge on any atom is 0.275 e. The van der Waals surface area contributed by atoms with Crippen molar-refractivity contribution >= 4 is 23.5 Å². The number of nitrogens with zero attached hydrogens (tertiary/aromatic N) is 7. The summed E-state index contributed by atoms with van der Waals surface area (Å²) in [6.45, 7) is 2.23. The van der Waals surface area contributed by atoms with Gasteiger partial charge in [-0.1, -0.05) is 0 Å². The van der Waals surface area contributed by atoms with Crippen LogP contribution >= 0.6 is 0 Å². The Bertz CT molecular complexity index is 1150. The van der Waals surface area contributed by atoms with Crippen molar-refractivity contribution in [3.05, 3.63) is 54.1 Å². The summed E-state index contributed by atoms with van der Waals surface area (Å²) in [6.07, 6.45) is 10.1. The second-order valence-electron chi connectivity index (χ2n) is 7.71. The summed E-state index contributed by atoms with van der Waals surface area (Å²) in [5, 5.41) is 16.9. The zero-order valence-electron chi connectivity index (χ0n) is 16.7. The van der Waals surface area contributed by atoms with Crippen molar-refractivity contribution in [2.75, 3.05) is 16.8 Å². The van der Waals surface area contributed by atoms with Gasteiger partial charge in [0.1, 0.15) is 5.69 Å². The summed E-state index contributed by atoms with van der Waals surface area (Å²) in [5.74, 6) is 0.517. The van der Waals surface area contributed by atoms with Gasteiger partial charge < -0.3 is 10.4 Å². The highest BCUT2D eigenvalue weighted by molar-refractivity contribution is 6.02. The highest BCUT2D eigenvalue weighted by atomic mass is 16.3. The van der Waals surface area contributed by atoms with E-state index >= 15 is 0 Å². The summed E-state index contributed by atoms with van der Waals surface area (Å²) < 4.78 is 1.64. The Labute approximate surface area is 177 Å². The molecule has 0 radical (unpaired) electrons. The lowest BCUT2D eigenvalue weighted by atomic mass is 10.1. The lowest BCUT2D eigenvalue weighted by Crippen LogP contribution is -2.30. The van der Waals surface area contributed by atoms with Crippen molar-refractivity contribution in [2.45, 2.75) is 26.0 Å². The number of hydrogen-bond donors (Lipinski definition) is 2. The van der Waals surface area contributed by atoms with Crippen LogP contribution in [0.4, 0.5) is 11.6 Å². The van der Waals surface area contributed by atoms with Crippen molar-refractivity contribution in [1.82, 2.24) is 29.7 Å². The molecule has 1 aliphatic carbocycles. The van der Waals surface area contributed by atoms with Gasteiger partial charge in [-0.15, -0.1) is 0 Å². The number of amides is 2. The van der Waals surface area contributed by atoms with Gasteiger partial charge in [0.2, 0.25) is 11.9 Å². The Morgan fingerprint density at radius 3 is 2.87 bits per heavy atom. The fourth-order valence-corrected chi connectivity index (χ4v) is 3.85. The Hall–Kier alpha value is -3.73. The minimum atomic E-state index is -0.391. The van der Waals surface area contributed by atoms with Gasteiger partial charge in [-0.2, -0.15) is 5.10 Å². The zero-order chi connectivity index (χ0) is 21.5. The van der Waals surface area contributed by atoms with Crippen LogP contribution in [-0.2, 0) is 11.4 Å². The molecule has 4 heterocycles. The summed E-state index contributed by atoms with van der Waals surface area (Å²) in [4.78, 5) is 42.8. The van der Waals surface area contributed by atoms with E-state index < -0.39 is 5.91 Å². The Balaban J connectivity index is 1.33. The number of hydrogen-bond acceptors (Lipinski definition) is 8. The molecule has 158 valence electrons. The third-order valence-electron chi connectivity index (χ3n) is 5.70. The molecule has 3 aromatic rings. The van der Waals surface area contributed by atoms with Crippen LogP contribution in [0.1, 0.15) is 41.1 Å². The minimum Gasteiger partial charge on any atom is -0.390 e. The second-order valence-corrected chi connectivity index (χ2v) is 7.71. The second kappa shape index (κ2) is 7.51. The number of aliphatic hydroxyl groups is 1. The van der Waals surface area contributed by atoms with Crippen LogP contribution in [0.2, 0.25) is 0 Å². The van der Waals surface area contributed by atoms with Gasteiger partial charge in [-0.3, -0.25) is 24.2 Å². The molecule has 3 aromatic heterocycles. The molecule has 0 spiro atoms. The van der Waals surface area contributed by atoms with E-state index in [2.05, 4.69) is 30.4 Å². The average Bonchev–Trinajstić information content (AvgIpc) is 3.30. The van der Waals surface area contributed by atoms with Crippen molar-refractivity contribution in [3.63, 3.8) is 0 Å². The third kappa shape index (κ3) is 3.52. The number of carbonyl (C=O) groups excluding carboxylic acids is 2. The van der Waals surface area contributed by atoms with E-state index in [9.17, 15) is 14.7 Å². The van der Waals surface area contributed by atoms with Crippen molar-refractivity contribution in [1.29, 1.82) is 0 Å². The van der Waals surface area contributed by atoms with Crippen molar-refractivity contribution < 1.29 is 14.7 Å². The van der Waals surface area contributed by atoms with Crippen LogP contribution in [0.5, 0.6) is 0 Å². The summed E-state index contributed by atoms with van der Waals surface area (Å²) in [6, 6.07) is -0.305. The summed E-state index contributed by atoms with van der Waals surface area (Å²) in [5.41, 5.74) is 1.81. The van der Waals surface area contributed by atoms with Gasteiger partial charge in [0.15, 0.2) is 0 Å². The molecular weight excluding hydrogens is 400 g/mol. The standard InChI is InChI=1S/C20H20N8O3/c1-11(28-9-13(5-24-28)25-18(30)16-7-21-2-3-22-16)15-6-23-20(26-17(15)10-29)27-8-12-4-14(12)19(27)31/h2-3,5-7,9,11-12,14,29H,4,8,10H2,1H3,(H,25,30)/t11?,12-,14-/m1/s1. The van der Waals surface area contributed by atoms with E-state index in [1.807, 2.05) is 6.92 Å². The molecule has 1 unspecified atom stereocenters. The molecule has 1 saturated carbocycles. The Morgan fingerprint density at radius 1 is 1.29 bits per heavy atom. The zero-order valence-corrected chi connectivity index (χ0v) is 16.7. The van der Waals surface area contributed by atoms with Crippen molar-refractivity contribution in [3.8, 4) is 0 Å². The number of aliphatic hydroxyl groups excluding tert-OH is 1. The van der Waals surface area contributed by atoms with Gasteiger partial charge >= 0.3 is 0 Å². The quantitative estimate of drug-likeness (QED) is 0.597. The first-order valence-corrected chi connectivity index (χ1v) is 9.94. The molecule has 2 fully saturated rings. The molecule has 31 heavy (non-hydrogen) atoms. The smallest absolute Gasteiger partial charge is 0.275 e. The van der Waals surface area contributed by atoms with Crippen LogP contribution < -0.4 is 10.2 Å². The predicted octanol–water partition coefficient (Wildman–Crippen LogP) is 0.800. The molecule has 1 aliphatic heterocycles. The molecular formula is C20H20N8O3. The van der Waals surface area contributed by atoms with E-state index in [1.54, 1.807) is 22.0 Å². The Kier molecular flexibility index (Phi) is 4.66. The first kappa shape index (κ1) is 19.2. The topological polar surface area (TPSA) is 139 Å². The fraction of sp³-hybridized carbons (Fsp3) is 0.350. The number of nitrogens with one attached hydrogen (secondary N) is 1. The molecule has 11 nitrogen and oxygen atoms in total. The molecule has 2 amide bonds. The SMILES string of the molecule is CC(c1cnc(N2C[C@H]3C[C@H]3C2=O)nc1CO)n1cc(NC(=O)c2cnccn2)cn1. The van der Waals surface area contributed by atoms with Crippen molar-refractivity contribution in [2.24, 2.45) is 11.8 Å². The van der Waals surface area contributed by atoms with E-state index in [1.165, 1.54) is 24.8 Å². The van der Waals surface area contributed by atoms with Crippen LogP contribution in [0.3, 0.4) is 0 Å². The normalized spacial score (nSPS) is 20.5. The molecule has 0 aromatic carbocycles. The van der Waals surface area contributed by atoms with E-state index in [0.717, 1.165) is 6.42 Å². The molecule has 1 saturated heterocycles. The van der Waals surface area contributed by atoms with Gasteiger partial charge in [0.05, 0.1) is 36.4 Å². The number of carbonyl (C=O) groups is 2. The van der Waals surface area contributed by atoms with Gasteiger partial charge in [0, 0.05) is 42.8 Å². The monoisotopic (exact) mass is 420 g/mol. The van der Waals surface area contributed by atoms with Crippen LogP contribution in [-0.4, -0.2) is 53.2 Å². The molecule has 0 bridgehead atoms. The third-order valence-corrected chi connectivity index (χ3v) is 5.70. The van der Waals surface area contributed by atoms with Gasteiger partial charge in [-0.05, 0) is 19.3 Å². The predicted molar refractivity (Wildman–Crippen MR) is 108 cm³/mol.